The van der Waals surface area contributed by atoms with Crippen molar-refractivity contribution in [3.05, 3.63) is 0 Å². The van der Waals surface area contributed by atoms with E-state index in [0.717, 1.165) is 38.9 Å². The number of hydrogen-bond acceptors (Lipinski definition) is 5. The van der Waals surface area contributed by atoms with E-state index in [0.29, 0.717) is 26.1 Å². The van der Waals surface area contributed by atoms with E-state index in [1.807, 2.05) is 13.0 Å². The highest BCUT2D eigenvalue weighted by Gasteiger charge is 2.20. The molecule has 0 saturated carbocycles. The molecule has 6 heteroatoms. The van der Waals surface area contributed by atoms with E-state index in [9.17, 15) is 9.59 Å². The van der Waals surface area contributed by atoms with Crippen LogP contribution in [0.2, 0.25) is 0 Å². The summed E-state index contributed by atoms with van der Waals surface area (Å²) in [6, 6.07) is 1.90. The largest absolute Gasteiger partial charge is 0.466 e. The molecule has 0 radical (unpaired) electrons. The lowest BCUT2D eigenvalue weighted by molar-refractivity contribution is -0.143. The maximum absolute atomic E-state index is 11.6. The number of piperazine rings is 1. The van der Waals surface area contributed by atoms with E-state index >= 15 is 0 Å². The number of unbranched alkanes of at least 4 members (excludes halogenated alkanes) is 2. The monoisotopic (exact) mass is 295 g/mol. The molecule has 1 aliphatic heterocycles. The molecule has 1 fully saturated rings. The standard InChI is InChI=1S/C15H25N3O3/c1-2-21-15(20)6-4-3-5-9-17-10-12-18(13-11-17)14(19)7-8-16/h2-7,9-13H2,1H3. The lowest BCUT2D eigenvalue weighted by Gasteiger charge is -2.34. The molecule has 0 atom stereocenters. The van der Waals surface area contributed by atoms with Crippen molar-refractivity contribution in [3.63, 3.8) is 0 Å². The summed E-state index contributed by atoms with van der Waals surface area (Å²) in [5, 5.41) is 8.52. The molecule has 0 aromatic heterocycles. The molecule has 1 saturated heterocycles. The molecule has 0 aromatic carbocycles. The number of nitrogens with zero attached hydrogens (tertiary/aromatic N) is 3. The van der Waals surface area contributed by atoms with Crippen molar-refractivity contribution in [3.8, 4) is 6.07 Å². The second-order valence-corrected chi connectivity index (χ2v) is 5.17. The zero-order valence-corrected chi connectivity index (χ0v) is 12.8. The van der Waals surface area contributed by atoms with Gasteiger partial charge in [0.1, 0.15) is 6.42 Å². The van der Waals surface area contributed by atoms with E-state index in [2.05, 4.69) is 4.90 Å². The quantitative estimate of drug-likeness (QED) is 0.496. The van der Waals surface area contributed by atoms with Crippen LogP contribution in [-0.2, 0) is 14.3 Å². The first-order valence-corrected chi connectivity index (χ1v) is 7.70. The van der Waals surface area contributed by atoms with Gasteiger partial charge in [0.2, 0.25) is 5.91 Å². The van der Waals surface area contributed by atoms with Crippen molar-refractivity contribution in [2.75, 3.05) is 39.3 Å². The van der Waals surface area contributed by atoms with Gasteiger partial charge in [0.15, 0.2) is 0 Å². The summed E-state index contributed by atoms with van der Waals surface area (Å²) in [5.41, 5.74) is 0. The molecule has 118 valence electrons. The fourth-order valence-electron chi connectivity index (χ4n) is 2.41. The van der Waals surface area contributed by atoms with Crippen molar-refractivity contribution in [1.29, 1.82) is 5.26 Å². The first kappa shape index (κ1) is 17.4. The van der Waals surface area contributed by atoms with E-state index in [-0.39, 0.29) is 18.3 Å². The topological polar surface area (TPSA) is 73.6 Å². The molecule has 1 heterocycles. The van der Waals surface area contributed by atoms with E-state index < -0.39 is 0 Å². The molecule has 1 amide bonds. The van der Waals surface area contributed by atoms with Crippen molar-refractivity contribution in [2.45, 2.75) is 39.0 Å². The van der Waals surface area contributed by atoms with Gasteiger partial charge in [-0.15, -0.1) is 0 Å². The number of carbonyl (C=O) groups excluding carboxylic acids is 2. The van der Waals surface area contributed by atoms with Gasteiger partial charge in [-0.3, -0.25) is 14.5 Å². The Morgan fingerprint density at radius 2 is 1.86 bits per heavy atom. The minimum absolute atomic E-state index is 0.0200. The van der Waals surface area contributed by atoms with Crippen LogP contribution in [0.3, 0.4) is 0 Å². The maximum Gasteiger partial charge on any atom is 0.305 e. The van der Waals surface area contributed by atoms with Crippen molar-refractivity contribution < 1.29 is 14.3 Å². The van der Waals surface area contributed by atoms with E-state index in [4.69, 9.17) is 10.00 Å². The van der Waals surface area contributed by atoms with Crippen molar-refractivity contribution in [1.82, 2.24) is 9.80 Å². The van der Waals surface area contributed by atoms with Crippen LogP contribution in [-0.4, -0.2) is 61.0 Å². The lowest BCUT2D eigenvalue weighted by Crippen LogP contribution is -2.48. The predicted octanol–water partition coefficient (Wildman–Crippen LogP) is 1.17. The Kier molecular flexibility index (Phi) is 8.44. The molecular formula is C15H25N3O3. The molecule has 0 unspecified atom stereocenters. The third-order valence-corrected chi connectivity index (χ3v) is 3.62. The highest BCUT2D eigenvalue weighted by Crippen LogP contribution is 2.07. The van der Waals surface area contributed by atoms with Crippen LogP contribution in [0.4, 0.5) is 0 Å². The molecule has 0 N–H and O–H groups in total. The average Bonchev–Trinajstić information content (AvgIpc) is 2.48. The van der Waals surface area contributed by atoms with Crippen LogP contribution < -0.4 is 0 Å². The number of carbonyl (C=O) groups is 2. The summed E-state index contributed by atoms with van der Waals surface area (Å²) in [5.74, 6) is -0.172. The minimum Gasteiger partial charge on any atom is -0.466 e. The fourth-order valence-corrected chi connectivity index (χ4v) is 2.41. The first-order valence-electron chi connectivity index (χ1n) is 7.70. The number of esters is 1. The lowest BCUT2D eigenvalue weighted by atomic mass is 10.2. The van der Waals surface area contributed by atoms with Gasteiger partial charge in [0, 0.05) is 32.6 Å². The summed E-state index contributed by atoms with van der Waals surface area (Å²) >= 11 is 0. The molecule has 1 aliphatic rings. The molecule has 1 rings (SSSR count). The number of amides is 1. The Balaban J connectivity index is 2.04. The van der Waals surface area contributed by atoms with Gasteiger partial charge >= 0.3 is 5.97 Å². The summed E-state index contributed by atoms with van der Waals surface area (Å²) in [6.07, 6.45) is 3.44. The van der Waals surface area contributed by atoms with Crippen LogP contribution in [0.25, 0.3) is 0 Å². The molecular weight excluding hydrogens is 270 g/mol. The van der Waals surface area contributed by atoms with Crippen LogP contribution in [0.1, 0.15) is 39.0 Å². The molecule has 6 nitrogen and oxygen atoms in total. The summed E-state index contributed by atoms with van der Waals surface area (Å²) in [4.78, 5) is 26.8. The summed E-state index contributed by atoms with van der Waals surface area (Å²) in [7, 11) is 0. The maximum atomic E-state index is 11.6. The van der Waals surface area contributed by atoms with Gasteiger partial charge in [0.25, 0.3) is 0 Å². The predicted molar refractivity (Wildman–Crippen MR) is 78.4 cm³/mol. The number of hydrogen-bond donors (Lipinski definition) is 0. The second kappa shape index (κ2) is 10.2. The number of ether oxygens (including phenoxy) is 1. The van der Waals surface area contributed by atoms with Crippen molar-refractivity contribution in [2.24, 2.45) is 0 Å². The Morgan fingerprint density at radius 3 is 2.48 bits per heavy atom. The fraction of sp³-hybridized carbons (Fsp3) is 0.800. The Bertz CT molecular complexity index is 371. The Morgan fingerprint density at radius 1 is 1.14 bits per heavy atom. The Hall–Kier alpha value is -1.61. The molecule has 0 aliphatic carbocycles. The number of rotatable bonds is 8. The van der Waals surface area contributed by atoms with Crippen molar-refractivity contribution >= 4 is 11.9 Å². The smallest absolute Gasteiger partial charge is 0.305 e. The highest BCUT2D eigenvalue weighted by atomic mass is 16.5. The molecule has 0 aromatic rings. The SMILES string of the molecule is CCOC(=O)CCCCCN1CCN(C(=O)CC#N)CC1. The first-order chi connectivity index (χ1) is 10.2. The van der Waals surface area contributed by atoms with Crippen LogP contribution in [0, 0.1) is 11.3 Å². The summed E-state index contributed by atoms with van der Waals surface area (Å²) < 4.78 is 4.88. The highest BCUT2D eigenvalue weighted by molar-refractivity contribution is 5.78. The van der Waals surface area contributed by atoms with Gasteiger partial charge < -0.3 is 9.64 Å². The number of nitriles is 1. The van der Waals surface area contributed by atoms with E-state index in [1.54, 1.807) is 4.90 Å². The average molecular weight is 295 g/mol. The summed E-state index contributed by atoms with van der Waals surface area (Å²) in [6.45, 7) is 6.44. The van der Waals surface area contributed by atoms with Gasteiger partial charge in [-0.2, -0.15) is 5.26 Å². The minimum atomic E-state index is -0.109. The van der Waals surface area contributed by atoms with Gasteiger partial charge in [-0.1, -0.05) is 6.42 Å². The Labute approximate surface area is 126 Å². The zero-order valence-electron chi connectivity index (χ0n) is 12.8. The third-order valence-electron chi connectivity index (χ3n) is 3.62. The van der Waals surface area contributed by atoms with E-state index in [1.165, 1.54) is 0 Å². The van der Waals surface area contributed by atoms with Crippen LogP contribution in [0.15, 0.2) is 0 Å². The second-order valence-electron chi connectivity index (χ2n) is 5.17. The van der Waals surface area contributed by atoms with Gasteiger partial charge in [-0.25, -0.2) is 0 Å². The molecule has 0 bridgehead atoms. The zero-order chi connectivity index (χ0) is 15.5. The third kappa shape index (κ3) is 7.09. The van der Waals surface area contributed by atoms with Crippen LogP contribution in [0.5, 0.6) is 0 Å². The normalized spacial score (nSPS) is 15.5. The van der Waals surface area contributed by atoms with Gasteiger partial charge in [-0.05, 0) is 26.3 Å². The van der Waals surface area contributed by atoms with Gasteiger partial charge in [0.05, 0.1) is 12.7 Å². The molecule has 21 heavy (non-hydrogen) atoms. The van der Waals surface area contributed by atoms with Crippen LogP contribution >= 0.6 is 0 Å². The molecule has 0 spiro atoms.